The second-order valence-corrected chi connectivity index (χ2v) is 2.43. The van der Waals surface area contributed by atoms with Crippen LogP contribution >= 0.6 is 15.9 Å². The van der Waals surface area contributed by atoms with E-state index in [4.69, 9.17) is 0 Å². The van der Waals surface area contributed by atoms with Crippen molar-refractivity contribution in [2.45, 2.75) is 6.18 Å². The highest BCUT2D eigenvalue weighted by molar-refractivity contribution is 9.10. The SMILES string of the molecule is FC(F)(F)c1ncc(Br)[nH]1. The average Bonchev–Trinajstić information content (AvgIpc) is 2.11. The molecule has 1 rings (SSSR count). The maximum atomic E-state index is 11.7. The van der Waals surface area contributed by atoms with Crippen LogP contribution in [0.3, 0.4) is 0 Å². The summed E-state index contributed by atoms with van der Waals surface area (Å²) < 4.78 is 35.3. The first kappa shape index (κ1) is 7.59. The summed E-state index contributed by atoms with van der Waals surface area (Å²) in [6.45, 7) is 0. The molecule has 1 aromatic heterocycles. The molecule has 0 saturated carbocycles. The van der Waals surface area contributed by atoms with Gasteiger partial charge in [0.15, 0.2) is 0 Å². The molecule has 6 heteroatoms. The van der Waals surface area contributed by atoms with E-state index < -0.39 is 12.0 Å². The molecule has 0 amide bonds. The lowest BCUT2D eigenvalue weighted by molar-refractivity contribution is -0.144. The second kappa shape index (κ2) is 2.26. The number of alkyl halides is 3. The fourth-order valence-electron chi connectivity index (χ4n) is 0.443. The molecule has 0 saturated heterocycles. The summed E-state index contributed by atoms with van der Waals surface area (Å²) in [5.74, 6) is -0.987. The van der Waals surface area contributed by atoms with Gasteiger partial charge in [-0.15, -0.1) is 0 Å². The maximum absolute atomic E-state index is 11.7. The predicted octanol–water partition coefficient (Wildman–Crippen LogP) is 2.19. The van der Waals surface area contributed by atoms with Crippen LogP contribution in [0, 0.1) is 0 Å². The summed E-state index contributed by atoms with van der Waals surface area (Å²) in [7, 11) is 0. The molecule has 1 N–H and O–H groups in total. The number of nitrogens with zero attached hydrogens (tertiary/aromatic N) is 1. The van der Waals surface area contributed by atoms with Crippen LogP contribution in [0.4, 0.5) is 13.2 Å². The van der Waals surface area contributed by atoms with Crippen molar-refractivity contribution in [3.63, 3.8) is 0 Å². The van der Waals surface area contributed by atoms with Crippen molar-refractivity contribution >= 4 is 15.9 Å². The molecule has 1 aromatic rings. The van der Waals surface area contributed by atoms with Gasteiger partial charge in [0, 0.05) is 0 Å². The highest BCUT2D eigenvalue weighted by atomic mass is 79.9. The smallest absolute Gasteiger partial charge is 0.329 e. The van der Waals surface area contributed by atoms with Crippen LogP contribution < -0.4 is 0 Å². The first-order valence-corrected chi connectivity index (χ1v) is 3.07. The van der Waals surface area contributed by atoms with E-state index in [1.165, 1.54) is 0 Å². The normalized spacial score (nSPS) is 12.0. The zero-order valence-electron chi connectivity index (χ0n) is 4.54. The largest absolute Gasteiger partial charge is 0.449 e. The predicted molar refractivity (Wildman–Crippen MR) is 31.3 cm³/mol. The number of hydrogen-bond donors (Lipinski definition) is 1. The van der Waals surface area contributed by atoms with Crippen molar-refractivity contribution in [3.05, 3.63) is 16.6 Å². The summed E-state index contributed by atoms with van der Waals surface area (Å²) in [6.07, 6.45) is -3.32. The van der Waals surface area contributed by atoms with Crippen molar-refractivity contribution in [2.75, 3.05) is 0 Å². The quantitative estimate of drug-likeness (QED) is 0.705. The molecule has 0 aromatic carbocycles. The third kappa shape index (κ3) is 1.50. The van der Waals surface area contributed by atoms with Gasteiger partial charge in [-0.25, -0.2) is 4.98 Å². The van der Waals surface area contributed by atoms with Gasteiger partial charge >= 0.3 is 6.18 Å². The van der Waals surface area contributed by atoms with Gasteiger partial charge in [0.1, 0.15) is 4.60 Å². The molecule has 0 aliphatic carbocycles. The lowest BCUT2D eigenvalue weighted by Crippen LogP contribution is -2.06. The Morgan fingerprint density at radius 2 is 2.10 bits per heavy atom. The van der Waals surface area contributed by atoms with Gasteiger partial charge in [-0.2, -0.15) is 13.2 Å². The minimum atomic E-state index is -4.38. The van der Waals surface area contributed by atoms with Crippen LogP contribution in [0.5, 0.6) is 0 Å². The highest BCUT2D eigenvalue weighted by Crippen LogP contribution is 2.26. The van der Waals surface area contributed by atoms with E-state index in [9.17, 15) is 13.2 Å². The standard InChI is InChI=1S/C4H2BrF3N2/c5-2-1-9-3(10-2)4(6,7)8/h1H,(H,9,10). The van der Waals surface area contributed by atoms with Crippen molar-refractivity contribution < 1.29 is 13.2 Å². The van der Waals surface area contributed by atoms with Crippen LogP contribution in [0.2, 0.25) is 0 Å². The van der Waals surface area contributed by atoms with Gasteiger partial charge in [-0.05, 0) is 15.9 Å². The number of rotatable bonds is 0. The number of H-pyrrole nitrogens is 1. The van der Waals surface area contributed by atoms with E-state index in [0.717, 1.165) is 6.20 Å². The summed E-state index contributed by atoms with van der Waals surface area (Å²) in [5.41, 5.74) is 0. The van der Waals surface area contributed by atoms with Crippen molar-refractivity contribution in [2.24, 2.45) is 0 Å². The highest BCUT2D eigenvalue weighted by Gasteiger charge is 2.34. The zero-order chi connectivity index (χ0) is 7.78. The Bertz CT molecular complexity index is 229. The number of hydrogen-bond acceptors (Lipinski definition) is 1. The third-order valence-corrected chi connectivity index (χ3v) is 1.22. The van der Waals surface area contributed by atoms with Gasteiger partial charge in [-0.3, -0.25) is 0 Å². The summed E-state index contributed by atoms with van der Waals surface area (Å²) in [5, 5.41) is 0. The fraction of sp³-hybridized carbons (Fsp3) is 0.250. The number of imidazole rings is 1. The maximum Gasteiger partial charge on any atom is 0.449 e. The lowest BCUT2D eigenvalue weighted by atomic mass is 10.6. The van der Waals surface area contributed by atoms with E-state index >= 15 is 0 Å². The zero-order valence-corrected chi connectivity index (χ0v) is 6.12. The van der Waals surface area contributed by atoms with E-state index in [-0.39, 0.29) is 4.60 Å². The Balaban J connectivity index is 2.96. The average molecular weight is 215 g/mol. The van der Waals surface area contributed by atoms with Crippen LogP contribution in [-0.2, 0) is 6.18 Å². The van der Waals surface area contributed by atoms with E-state index in [1.54, 1.807) is 0 Å². The molecule has 2 nitrogen and oxygen atoms in total. The van der Waals surface area contributed by atoms with Gasteiger partial charge in [-0.1, -0.05) is 0 Å². The molecule has 0 spiro atoms. The van der Waals surface area contributed by atoms with Gasteiger partial charge in [0.2, 0.25) is 5.82 Å². The summed E-state index contributed by atoms with van der Waals surface area (Å²) >= 11 is 2.81. The van der Waals surface area contributed by atoms with Gasteiger partial charge in [0.25, 0.3) is 0 Å². The molecule has 1 heterocycles. The molecule has 56 valence electrons. The Morgan fingerprint density at radius 1 is 1.50 bits per heavy atom. The molecule has 10 heavy (non-hydrogen) atoms. The van der Waals surface area contributed by atoms with Gasteiger partial charge in [0.05, 0.1) is 6.20 Å². The molecular weight excluding hydrogens is 213 g/mol. The Labute approximate surface area is 62.6 Å². The van der Waals surface area contributed by atoms with Crippen LogP contribution in [0.15, 0.2) is 10.8 Å². The fourth-order valence-corrected chi connectivity index (χ4v) is 0.733. The van der Waals surface area contributed by atoms with Gasteiger partial charge < -0.3 is 4.98 Å². The topological polar surface area (TPSA) is 28.7 Å². The first-order valence-electron chi connectivity index (χ1n) is 2.28. The first-order chi connectivity index (χ1) is 4.50. The van der Waals surface area contributed by atoms with Crippen molar-refractivity contribution in [1.29, 1.82) is 0 Å². The molecule has 0 aliphatic rings. The molecule has 0 radical (unpaired) electrons. The minimum Gasteiger partial charge on any atom is -0.329 e. The summed E-state index contributed by atoms with van der Waals surface area (Å²) in [4.78, 5) is 5.06. The number of aromatic amines is 1. The number of nitrogens with one attached hydrogen (secondary N) is 1. The Kier molecular flexibility index (Phi) is 1.72. The molecule has 0 atom stereocenters. The molecule has 0 bridgehead atoms. The molecule has 0 unspecified atom stereocenters. The van der Waals surface area contributed by atoms with Crippen LogP contribution in [-0.4, -0.2) is 9.97 Å². The van der Waals surface area contributed by atoms with E-state index in [0.29, 0.717) is 0 Å². The lowest BCUT2D eigenvalue weighted by Gasteiger charge is -1.98. The number of halogens is 4. The van der Waals surface area contributed by atoms with Crippen LogP contribution in [0.25, 0.3) is 0 Å². The van der Waals surface area contributed by atoms with Crippen molar-refractivity contribution in [3.8, 4) is 0 Å². The minimum absolute atomic E-state index is 0.222. The Hall–Kier alpha value is -0.520. The monoisotopic (exact) mass is 214 g/mol. The number of aromatic nitrogens is 2. The molecular formula is C4H2BrF3N2. The Morgan fingerprint density at radius 3 is 2.30 bits per heavy atom. The third-order valence-electron chi connectivity index (χ3n) is 0.813. The second-order valence-electron chi connectivity index (χ2n) is 1.58. The summed E-state index contributed by atoms with van der Waals surface area (Å²) in [6, 6.07) is 0. The van der Waals surface area contributed by atoms with Crippen molar-refractivity contribution in [1.82, 2.24) is 9.97 Å². The molecule has 0 aliphatic heterocycles. The van der Waals surface area contributed by atoms with E-state index in [1.807, 2.05) is 4.98 Å². The van der Waals surface area contributed by atoms with Crippen LogP contribution in [0.1, 0.15) is 5.82 Å². The molecule has 0 fully saturated rings. The van der Waals surface area contributed by atoms with E-state index in [2.05, 4.69) is 20.9 Å².